The first kappa shape index (κ1) is 11.2. The van der Waals surface area contributed by atoms with Gasteiger partial charge in [0.2, 0.25) is 0 Å². The zero-order chi connectivity index (χ0) is 14.0. The highest BCUT2D eigenvalue weighted by Crippen LogP contribution is 2.52. The molecule has 1 unspecified atom stereocenters. The molecule has 100 valence electrons. The quantitative estimate of drug-likeness (QED) is 0.583. The Labute approximate surface area is 114 Å². The number of hydrogen-bond donors (Lipinski definition) is 4. The Bertz CT molecular complexity index is 778. The summed E-state index contributed by atoms with van der Waals surface area (Å²) in [6.45, 7) is 0. The summed E-state index contributed by atoms with van der Waals surface area (Å²) in [7, 11) is 0. The molecule has 0 saturated carbocycles. The van der Waals surface area contributed by atoms with Gasteiger partial charge in [0, 0.05) is 40.3 Å². The smallest absolute Gasteiger partial charge is 0.126 e. The van der Waals surface area contributed by atoms with Gasteiger partial charge in [-0.1, -0.05) is 18.2 Å². The molecule has 0 aliphatic heterocycles. The minimum Gasteiger partial charge on any atom is -0.508 e. The van der Waals surface area contributed by atoms with E-state index in [0.29, 0.717) is 23.1 Å². The van der Waals surface area contributed by atoms with Crippen molar-refractivity contribution in [2.75, 3.05) is 0 Å². The van der Waals surface area contributed by atoms with Gasteiger partial charge in [0.15, 0.2) is 0 Å². The summed E-state index contributed by atoms with van der Waals surface area (Å²) in [5.74, 6) is -0.235. The molecule has 4 heteroatoms. The monoisotopic (exact) mass is 268 g/mol. The van der Waals surface area contributed by atoms with Crippen molar-refractivity contribution in [2.45, 2.75) is 12.3 Å². The van der Waals surface area contributed by atoms with Gasteiger partial charge in [-0.25, -0.2) is 0 Å². The number of aromatic hydroxyl groups is 2. The van der Waals surface area contributed by atoms with Crippen molar-refractivity contribution in [3.8, 4) is 11.5 Å². The molecule has 4 nitrogen and oxygen atoms in total. The van der Waals surface area contributed by atoms with Crippen LogP contribution in [0.25, 0.3) is 6.08 Å². The van der Waals surface area contributed by atoms with Gasteiger partial charge >= 0.3 is 0 Å². The molecule has 0 aromatic heterocycles. The predicted octanol–water partition coefficient (Wildman–Crippen LogP) is 2.96. The normalized spacial score (nSPS) is 22.3. The Balaban J connectivity index is 2.12. The van der Waals surface area contributed by atoms with Gasteiger partial charge < -0.3 is 20.4 Å². The highest BCUT2D eigenvalue weighted by atomic mass is 16.3. The highest BCUT2D eigenvalue weighted by molar-refractivity contribution is 5.77. The lowest BCUT2D eigenvalue weighted by atomic mass is 9.70. The van der Waals surface area contributed by atoms with Gasteiger partial charge in [-0.05, 0) is 12.0 Å². The molecular weight excluding hydrogens is 256 g/mol. The summed E-state index contributed by atoms with van der Waals surface area (Å²) < 4.78 is 0. The van der Waals surface area contributed by atoms with Crippen LogP contribution in [0.15, 0.2) is 47.0 Å². The lowest BCUT2D eigenvalue weighted by Crippen LogP contribution is -2.21. The topological polar surface area (TPSA) is 80.9 Å². The largest absolute Gasteiger partial charge is 0.508 e. The van der Waals surface area contributed by atoms with E-state index in [2.05, 4.69) is 0 Å². The first-order chi connectivity index (χ1) is 9.58. The van der Waals surface area contributed by atoms with E-state index in [0.717, 1.165) is 11.1 Å². The standard InChI is InChI=1S/C16H12O4/c17-11-5-13(19)9-3-4-10-14(20)6-12(18)8-2-1-7(11)15(9)16(8)10/h1-3,5-6,15,17-20H,4H2. The van der Waals surface area contributed by atoms with Gasteiger partial charge in [0.25, 0.3) is 0 Å². The maximum atomic E-state index is 10.0. The van der Waals surface area contributed by atoms with E-state index in [1.54, 1.807) is 12.2 Å². The summed E-state index contributed by atoms with van der Waals surface area (Å²) in [6, 6.07) is 1.34. The highest BCUT2D eigenvalue weighted by Gasteiger charge is 2.37. The van der Waals surface area contributed by atoms with Crippen LogP contribution in [0.1, 0.15) is 22.6 Å². The van der Waals surface area contributed by atoms with Crippen molar-refractivity contribution in [1.29, 1.82) is 0 Å². The van der Waals surface area contributed by atoms with Crippen LogP contribution in [0, 0.1) is 0 Å². The Morgan fingerprint density at radius 1 is 1.00 bits per heavy atom. The van der Waals surface area contributed by atoms with E-state index >= 15 is 0 Å². The number of phenols is 2. The molecule has 1 aromatic carbocycles. The Kier molecular flexibility index (Phi) is 1.95. The molecule has 20 heavy (non-hydrogen) atoms. The van der Waals surface area contributed by atoms with Crippen molar-refractivity contribution < 1.29 is 20.4 Å². The zero-order valence-corrected chi connectivity index (χ0v) is 10.5. The molecule has 0 heterocycles. The van der Waals surface area contributed by atoms with Crippen LogP contribution in [0.2, 0.25) is 0 Å². The van der Waals surface area contributed by atoms with Gasteiger partial charge in [-0.2, -0.15) is 0 Å². The van der Waals surface area contributed by atoms with Crippen LogP contribution >= 0.6 is 0 Å². The zero-order valence-electron chi connectivity index (χ0n) is 10.5. The summed E-state index contributed by atoms with van der Waals surface area (Å²) in [6.07, 6.45) is 7.14. The number of benzene rings is 1. The number of aliphatic hydroxyl groups is 2. The summed E-state index contributed by atoms with van der Waals surface area (Å²) in [5, 5.41) is 40.1. The van der Waals surface area contributed by atoms with Crippen LogP contribution in [-0.4, -0.2) is 20.4 Å². The van der Waals surface area contributed by atoms with E-state index in [1.807, 2.05) is 6.08 Å². The van der Waals surface area contributed by atoms with Crippen LogP contribution in [0.4, 0.5) is 0 Å². The van der Waals surface area contributed by atoms with Gasteiger partial charge in [0.1, 0.15) is 23.0 Å². The molecule has 0 radical (unpaired) electrons. The molecular formula is C16H12O4. The third-order valence-electron chi connectivity index (χ3n) is 4.21. The van der Waals surface area contributed by atoms with E-state index in [9.17, 15) is 20.4 Å². The summed E-state index contributed by atoms with van der Waals surface area (Å²) in [5.41, 5.74) is 3.52. The Morgan fingerprint density at radius 3 is 2.60 bits per heavy atom. The van der Waals surface area contributed by atoms with Crippen molar-refractivity contribution in [2.24, 2.45) is 0 Å². The molecule has 0 saturated heterocycles. The number of rotatable bonds is 0. The fraction of sp³-hybridized carbons (Fsp3) is 0.125. The van der Waals surface area contributed by atoms with E-state index in [1.165, 1.54) is 12.1 Å². The molecule has 1 aromatic rings. The first-order valence-electron chi connectivity index (χ1n) is 6.38. The molecule has 4 rings (SSSR count). The number of hydrogen-bond acceptors (Lipinski definition) is 4. The van der Waals surface area contributed by atoms with E-state index in [4.69, 9.17) is 0 Å². The van der Waals surface area contributed by atoms with Crippen LogP contribution in [0.3, 0.4) is 0 Å². The second-order valence-electron chi connectivity index (χ2n) is 5.22. The van der Waals surface area contributed by atoms with Gasteiger partial charge in [-0.15, -0.1) is 0 Å². The molecule has 0 spiro atoms. The predicted molar refractivity (Wildman–Crippen MR) is 73.7 cm³/mol. The van der Waals surface area contributed by atoms with E-state index in [-0.39, 0.29) is 28.9 Å². The molecule has 0 bridgehead atoms. The fourth-order valence-electron chi connectivity index (χ4n) is 3.31. The lowest BCUT2D eigenvalue weighted by Gasteiger charge is -2.35. The number of aliphatic hydroxyl groups excluding tert-OH is 2. The molecule has 3 aliphatic rings. The third kappa shape index (κ3) is 1.20. The van der Waals surface area contributed by atoms with Crippen molar-refractivity contribution in [3.63, 3.8) is 0 Å². The van der Waals surface area contributed by atoms with Crippen molar-refractivity contribution in [1.82, 2.24) is 0 Å². The lowest BCUT2D eigenvalue weighted by molar-refractivity contribution is 0.378. The molecule has 0 fully saturated rings. The van der Waals surface area contributed by atoms with Crippen LogP contribution in [0.5, 0.6) is 11.5 Å². The summed E-state index contributed by atoms with van der Waals surface area (Å²) in [4.78, 5) is 0. The average Bonchev–Trinajstić information content (AvgIpc) is 2.42. The number of phenolic OH excluding ortho intramolecular Hbond substituents is 2. The Hall–Kier alpha value is -2.62. The molecule has 0 amide bonds. The van der Waals surface area contributed by atoms with Gasteiger partial charge in [-0.3, -0.25) is 0 Å². The van der Waals surface area contributed by atoms with Crippen molar-refractivity contribution >= 4 is 6.08 Å². The van der Waals surface area contributed by atoms with Gasteiger partial charge in [0.05, 0.1) is 0 Å². The molecule has 3 aliphatic carbocycles. The maximum absolute atomic E-state index is 10.0. The van der Waals surface area contributed by atoms with Crippen LogP contribution in [-0.2, 0) is 6.42 Å². The Morgan fingerprint density at radius 2 is 1.80 bits per heavy atom. The molecule has 1 atom stereocenters. The first-order valence-corrected chi connectivity index (χ1v) is 6.38. The fourth-order valence-corrected chi connectivity index (χ4v) is 3.31. The van der Waals surface area contributed by atoms with Crippen LogP contribution < -0.4 is 0 Å². The minimum atomic E-state index is -0.332. The second kappa shape index (κ2) is 3.48. The SMILES string of the molecule is OC1=CC(O)=C2C=Cc3c(O)cc(O)c4c3C2C1=CC4. The molecule has 4 N–H and O–H groups in total. The minimum absolute atomic E-state index is 0.00586. The van der Waals surface area contributed by atoms with Crippen molar-refractivity contribution in [3.05, 3.63) is 63.6 Å². The number of allylic oxidation sites excluding steroid dienone is 5. The average molecular weight is 268 g/mol. The maximum Gasteiger partial charge on any atom is 0.126 e. The van der Waals surface area contributed by atoms with E-state index < -0.39 is 0 Å². The summed E-state index contributed by atoms with van der Waals surface area (Å²) >= 11 is 0. The third-order valence-corrected chi connectivity index (χ3v) is 4.21. The second-order valence-corrected chi connectivity index (χ2v) is 5.22.